The fourth-order valence-corrected chi connectivity index (χ4v) is 4.01. The molecule has 1 atom stereocenters. The first-order valence-electron chi connectivity index (χ1n) is 12.1. The third kappa shape index (κ3) is 7.60. The Kier molecular flexibility index (Phi) is 9.76. The number of amides is 2. The summed E-state index contributed by atoms with van der Waals surface area (Å²) in [5, 5.41) is 3.27. The maximum Gasteiger partial charge on any atom is 0.253 e. The van der Waals surface area contributed by atoms with Crippen molar-refractivity contribution in [3.05, 3.63) is 65.7 Å². The van der Waals surface area contributed by atoms with Crippen LogP contribution in [0.25, 0.3) is 0 Å². The van der Waals surface area contributed by atoms with Crippen LogP contribution in [0.15, 0.2) is 54.6 Å². The lowest BCUT2D eigenvalue weighted by atomic mass is 10.00. The summed E-state index contributed by atoms with van der Waals surface area (Å²) >= 11 is 0. The van der Waals surface area contributed by atoms with E-state index in [2.05, 4.69) is 31.3 Å². The summed E-state index contributed by atoms with van der Waals surface area (Å²) in [6.45, 7) is 9.01. The molecule has 0 bridgehead atoms. The van der Waals surface area contributed by atoms with Crippen molar-refractivity contribution >= 4 is 11.8 Å². The van der Waals surface area contributed by atoms with Crippen molar-refractivity contribution in [3.8, 4) is 5.75 Å². The van der Waals surface area contributed by atoms with Gasteiger partial charge in [-0.2, -0.15) is 0 Å². The molecule has 0 saturated carbocycles. The van der Waals surface area contributed by atoms with Gasteiger partial charge in [0.25, 0.3) is 5.91 Å². The number of hydrogen-bond donors (Lipinski definition) is 1. The smallest absolute Gasteiger partial charge is 0.253 e. The van der Waals surface area contributed by atoms with E-state index in [0.717, 1.165) is 44.8 Å². The molecule has 6 nitrogen and oxygen atoms in total. The van der Waals surface area contributed by atoms with E-state index in [-0.39, 0.29) is 17.7 Å². The van der Waals surface area contributed by atoms with Crippen molar-refractivity contribution in [2.45, 2.75) is 39.0 Å². The summed E-state index contributed by atoms with van der Waals surface area (Å²) in [6.07, 6.45) is 2.43. The van der Waals surface area contributed by atoms with E-state index in [9.17, 15) is 9.59 Å². The van der Waals surface area contributed by atoms with Crippen LogP contribution in [-0.2, 0) is 4.79 Å². The van der Waals surface area contributed by atoms with Crippen LogP contribution in [-0.4, -0.2) is 67.5 Å². The molecule has 2 aromatic rings. The van der Waals surface area contributed by atoms with Gasteiger partial charge in [-0.15, -0.1) is 0 Å². The van der Waals surface area contributed by atoms with Gasteiger partial charge in [0.15, 0.2) is 0 Å². The number of nitrogens with one attached hydrogen (secondary N) is 1. The van der Waals surface area contributed by atoms with Gasteiger partial charge in [-0.1, -0.05) is 50.6 Å². The molecule has 0 spiro atoms. The van der Waals surface area contributed by atoms with Crippen LogP contribution in [0.5, 0.6) is 5.75 Å². The summed E-state index contributed by atoms with van der Waals surface area (Å²) in [5.74, 6) is 1.01. The highest BCUT2D eigenvalue weighted by Crippen LogP contribution is 2.20. The molecule has 1 heterocycles. The minimum atomic E-state index is -0.0500. The van der Waals surface area contributed by atoms with Crippen molar-refractivity contribution in [1.82, 2.24) is 15.1 Å². The minimum Gasteiger partial charge on any atom is -0.494 e. The van der Waals surface area contributed by atoms with Gasteiger partial charge >= 0.3 is 0 Å². The second-order valence-electron chi connectivity index (χ2n) is 8.67. The molecule has 0 aliphatic carbocycles. The predicted molar refractivity (Wildman–Crippen MR) is 132 cm³/mol. The van der Waals surface area contributed by atoms with Crippen molar-refractivity contribution in [2.24, 2.45) is 0 Å². The van der Waals surface area contributed by atoms with E-state index >= 15 is 0 Å². The lowest BCUT2D eigenvalue weighted by molar-refractivity contribution is -0.131. The van der Waals surface area contributed by atoms with E-state index in [1.165, 1.54) is 5.56 Å². The molecule has 1 aliphatic rings. The van der Waals surface area contributed by atoms with Gasteiger partial charge in [-0.05, 0) is 42.2 Å². The zero-order valence-electron chi connectivity index (χ0n) is 20.0. The van der Waals surface area contributed by atoms with Gasteiger partial charge in [0, 0.05) is 51.3 Å². The van der Waals surface area contributed by atoms with Gasteiger partial charge in [0.05, 0.1) is 6.61 Å². The average Bonchev–Trinajstić information content (AvgIpc) is 2.87. The molecule has 6 heteroatoms. The summed E-state index contributed by atoms with van der Waals surface area (Å²) in [5.41, 5.74) is 1.80. The van der Waals surface area contributed by atoms with Gasteiger partial charge in [0.1, 0.15) is 5.75 Å². The number of rotatable bonds is 11. The fourth-order valence-electron chi connectivity index (χ4n) is 4.01. The maximum atomic E-state index is 13.4. The van der Waals surface area contributed by atoms with E-state index in [0.29, 0.717) is 31.7 Å². The van der Waals surface area contributed by atoms with Crippen LogP contribution in [0.1, 0.15) is 54.9 Å². The molecule has 1 N–H and O–H groups in total. The highest BCUT2D eigenvalue weighted by molar-refractivity contribution is 5.94. The van der Waals surface area contributed by atoms with E-state index in [1.54, 1.807) is 0 Å². The summed E-state index contributed by atoms with van der Waals surface area (Å²) in [4.78, 5) is 29.9. The molecule has 2 amide bonds. The lowest BCUT2D eigenvalue weighted by Gasteiger charge is -2.30. The van der Waals surface area contributed by atoms with Crippen LogP contribution in [0.3, 0.4) is 0 Å². The number of piperazine rings is 1. The third-order valence-corrected chi connectivity index (χ3v) is 6.08. The second kappa shape index (κ2) is 13.0. The number of carbonyl (C=O) groups is 2. The SMILES string of the molecule is CCCCOc1ccc(C(=O)N(CCC(=O)N2CCNCC2)C[C@@H](C)c2ccccc2)cc1. The standard InChI is InChI=1S/C27H37N3O3/c1-3-4-20-33-25-12-10-24(11-13-25)27(32)30(21-22(2)23-8-6-5-7-9-23)17-14-26(31)29-18-15-28-16-19-29/h5-13,22,28H,3-4,14-21H2,1-2H3/t22-/m1/s1. The Hall–Kier alpha value is -2.86. The normalized spacial score (nSPS) is 14.5. The Bertz CT molecular complexity index is 864. The van der Waals surface area contributed by atoms with Crippen molar-refractivity contribution in [2.75, 3.05) is 45.9 Å². The summed E-state index contributed by atoms with van der Waals surface area (Å²) < 4.78 is 5.73. The van der Waals surface area contributed by atoms with E-state index < -0.39 is 0 Å². The van der Waals surface area contributed by atoms with Crippen LogP contribution >= 0.6 is 0 Å². The van der Waals surface area contributed by atoms with Crippen LogP contribution < -0.4 is 10.1 Å². The fraction of sp³-hybridized carbons (Fsp3) is 0.481. The summed E-state index contributed by atoms with van der Waals surface area (Å²) in [7, 11) is 0. The second-order valence-corrected chi connectivity index (χ2v) is 8.67. The number of hydrogen-bond acceptors (Lipinski definition) is 4. The quantitative estimate of drug-likeness (QED) is 0.526. The number of ether oxygens (including phenoxy) is 1. The monoisotopic (exact) mass is 451 g/mol. The highest BCUT2D eigenvalue weighted by Gasteiger charge is 2.22. The summed E-state index contributed by atoms with van der Waals surface area (Å²) in [6, 6.07) is 17.6. The van der Waals surface area contributed by atoms with Gasteiger partial charge in [-0.3, -0.25) is 9.59 Å². The van der Waals surface area contributed by atoms with Crippen LogP contribution in [0.2, 0.25) is 0 Å². The number of benzene rings is 2. The highest BCUT2D eigenvalue weighted by atomic mass is 16.5. The molecule has 0 radical (unpaired) electrons. The molecule has 3 rings (SSSR count). The Morgan fingerprint density at radius 1 is 1.06 bits per heavy atom. The van der Waals surface area contributed by atoms with Crippen molar-refractivity contribution < 1.29 is 14.3 Å². The first-order chi connectivity index (χ1) is 16.1. The Labute approximate surface area is 197 Å². The molecule has 0 unspecified atom stereocenters. The number of unbranched alkanes of at least 4 members (excludes halogenated alkanes) is 1. The van der Waals surface area contributed by atoms with E-state index in [1.807, 2.05) is 52.3 Å². The van der Waals surface area contributed by atoms with Crippen molar-refractivity contribution in [3.63, 3.8) is 0 Å². The molecule has 0 aromatic heterocycles. The van der Waals surface area contributed by atoms with Gasteiger partial charge in [0.2, 0.25) is 5.91 Å². The molecule has 1 fully saturated rings. The average molecular weight is 452 g/mol. The van der Waals surface area contributed by atoms with Crippen LogP contribution in [0.4, 0.5) is 0 Å². The van der Waals surface area contributed by atoms with E-state index in [4.69, 9.17) is 4.74 Å². The largest absolute Gasteiger partial charge is 0.494 e. The molecule has 33 heavy (non-hydrogen) atoms. The first kappa shape index (κ1) is 24.8. The number of nitrogens with zero attached hydrogens (tertiary/aromatic N) is 2. The zero-order chi connectivity index (χ0) is 23.5. The van der Waals surface area contributed by atoms with Crippen LogP contribution in [0, 0.1) is 0 Å². The lowest BCUT2D eigenvalue weighted by Crippen LogP contribution is -2.47. The first-order valence-corrected chi connectivity index (χ1v) is 12.1. The van der Waals surface area contributed by atoms with Gasteiger partial charge < -0.3 is 19.9 Å². The number of carbonyl (C=O) groups excluding carboxylic acids is 2. The Morgan fingerprint density at radius 2 is 1.76 bits per heavy atom. The molecule has 1 saturated heterocycles. The predicted octanol–water partition coefficient (Wildman–Crippen LogP) is 3.93. The molecule has 1 aliphatic heterocycles. The molecular weight excluding hydrogens is 414 g/mol. The molecule has 178 valence electrons. The topological polar surface area (TPSA) is 61.9 Å². The zero-order valence-corrected chi connectivity index (χ0v) is 20.0. The van der Waals surface area contributed by atoms with Crippen molar-refractivity contribution in [1.29, 1.82) is 0 Å². The Balaban J connectivity index is 1.68. The minimum absolute atomic E-state index is 0.0500. The molecular formula is C27H37N3O3. The third-order valence-electron chi connectivity index (χ3n) is 6.08. The van der Waals surface area contributed by atoms with Gasteiger partial charge in [-0.25, -0.2) is 0 Å². The maximum absolute atomic E-state index is 13.4. The Morgan fingerprint density at radius 3 is 2.42 bits per heavy atom. The molecule has 2 aromatic carbocycles.